The highest BCUT2D eigenvalue weighted by Crippen LogP contribution is 2.19. The molecule has 0 aliphatic carbocycles. The fraction of sp³-hybridized carbons (Fsp3) is 0. The highest BCUT2D eigenvalue weighted by molar-refractivity contribution is 14.1. The maximum absolute atomic E-state index is 4.96. The van der Waals surface area contributed by atoms with Gasteiger partial charge in [0, 0.05) is 6.20 Å². The predicted molar refractivity (Wildman–Crippen MR) is 49.4 cm³/mol. The van der Waals surface area contributed by atoms with Crippen molar-refractivity contribution >= 4 is 39.8 Å². The van der Waals surface area contributed by atoms with Crippen LogP contribution in [0.5, 0.6) is 0 Å². The number of fused-ring (bicyclic) bond motifs is 1. The first-order chi connectivity index (χ1) is 5.42. The molecule has 0 aromatic carbocycles. The average molecular weight is 261 g/mol. The van der Waals surface area contributed by atoms with Crippen molar-refractivity contribution in [1.29, 1.82) is 0 Å². The van der Waals surface area contributed by atoms with E-state index in [-0.39, 0.29) is 0 Å². The van der Waals surface area contributed by atoms with E-state index in [0.29, 0.717) is 11.4 Å². The third kappa shape index (κ3) is 1.05. The normalized spacial score (nSPS) is 10.3. The van der Waals surface area contributed by atoms with E-state index in [9.17, 15) is 0 Å². The first kappa shape index (κ1) is 6.84. The minimum atomic E-state index is 0.668. The van der Waals surface area contributed by atoms with Gasteiger partial charge < -0.3 is 8.05 Å². The van der Waals surface area contributed by atoms with E-state index in [0.717, 1.165) is 5.52 Å². The summed E-state index contributed by atoms with van der Waals surface area (Å²) < 4.78 is 7.81. The van der Waals surface area contributed by atoms with Gasteiger partial charge in [0.15, 0.2) is 11.1 Å². The Morgan fingerprint density at radius 2 is 2.45 bits per heavy atom. The van der Waals surface area contributed by atoms with E-state index in [4.69, 9.17) is 4.52 Å². The third-order valence-corrected chi connectivity index (χ3v) is 1.83. The minimum Gasteiger partial charge on any atom is -0.352 e. The summed E-state index contributed by atoms with van der Waals surface area (Å²) in [6.07, 6.45) is 1.71. The minimum absolute atomic E-state index is 0.668. The van der Waals surface area contributed by atoms with Crippen molar-refractivity contribution in [2.24, 2.45) is 0 Å². The van der Waals surface area contributed by atoms with Crippen LogP contribution in [0.2, 0.25) is 0 Å². The summed E-state index contributed by atoms with van der Waals surface area (Å²) in [7, 11) is 0. The van der Waals surface area contributed by atoms with E-state index in [1.165, 1.54) is 0 Å². The van der Waals surface area contributed by atoms with Gasteiger partial charge in [-0.3, -0.25) is 0 Å². The Bertz CT molecular complexity index is 373. The molecule has 0 unspecified atom stereocenters. The molecular weight excluding hydrogens is 257 g/mol. The van der Waals surface area contributed by atoms with Gasteiger partial charge in [-0.2, -0.15) is 0 Å². The van der Waals surface area contributed by atoms with Crippen molar-refractivity contribution in [2.45, 2.75) is 0 Å². The zero-order valence-corrected chi connectivity index (χ0v) is 7.57. The van der Waals surface area contributed by atoms with Crippen molar-refractivity contribution < 1.29 is 4.52 Å². The second-order valence-electron chi connectivity index (χ2n) is 1.98. The van der Waals surface area contributed by atoms with Gasteiger partial charge in [0.25, 0.3) is 0 Å². The molecule has 0 fully saturated rings. The summed E-state index contributed by atoms with van der Waals surface area (Å²) in [5, 5.41) is 3.76. The highest BCUT2D eigenvalue weighted by Gasteiger charge is 2.05. The van der Waals surface area contributed by atoms with Crippen LogP contribution in [0.1, 0.15) is 0 Å². The summed E-state index contributed by atoms with van der Waals surface area (Å²) in [6.45, 7) is 0. The highest BCUT2D eigenvalue weighted by atomic mass is 127. The molecule has 0 aliphatic heterocycles. The molecule has 11 heavy (non-hydrogen) atoms. The molecular formula is C6H4IN3O. The van der Waals surface area contributed by atoms with E-state index in [2.05, 4.69) is 13.7 Å². The van der Waals surface area contributed by atoms with Gasteiger partial charge in [-0.1, -0.05) is 5.16 Å². The van der Waals surface area contributed by atoms with Crippen LogP contribution in [0.25, 0.3) is 11.1 Å². The van der Waals surface area contributed by atoms with Crippen LogP contribution in [-0.4, -0.2) is 10.1 Å². The third-order valence-electron chi connectivity index (χ3n) is 1.32. The molecule has 0 saturated carbocycles. The smallest absolute Gasteiger partial charge is 0.204 e. The van der Waals surface area contributed by atoms with Gasteiger partial charge in [-0.05, 0) is 12.1 Å². The second kappa shape index (κ2) is 2.65. The number of halogens is 1. The fourth-order valence-corrected chi connectivity index (χ4v) is 1.20. The van der Waals surface area contributed by atoms with E-state index in [1.807, 2.05) is 35.0 Å². The molecule has 0 bridgehead atoms. The van der Waals surface area contributed by atoms with Crippen molar-refractivity contribution in [3.8, 4) is 0 Å². The maximum Gasteiger partial charge on any atom is 0.204 e. The van der Waals surface area contributed by atoms with Gasteiger partial charge in [0.1, 0.15) is 0 Å². The lowest BCUT2D eigenvalue weighted by atomic mass is 10.4. The Morgan fingerprint density at radius 1 is 1.55 bits per heavy atom. The Morgan fingerprint density at radius 3 is 3.27 bits per heavy atom. The van der Waals surface area contributed by atoms with Crippen molar-refractivity contribution in [2.75, 3.05) is 3.53 Å². The zero-order chi connectivity index (χ0) is 7.68. The quantitative estimate of drug-likeness (QED) is 0.630. The number of hydrogen-bond donors (Lipinski definition) is 1. The van der Waals surface area contributed by atoms with Gasteiger partial charge in [0.05, 0.1) is 22.9 Å². The number of nitrogens with zero attached hydrogens (tertiary/aromatic N) is 2. The molecule has 5 heteroatoms. The lowest BCUT2D eigenvalue weighted by Gasteiger charge is -1.86. The monoisotopic (exact) mass is 261 g/mol. The summed E-state index contributed by atoms with van der Waals surface area (Å²) in [6, 6.07) is 3.64. The SMILES string of the molecule is INc1noc2cccnc12. The molecule has 0 radical (unpaired) electrons. The van der Waals surface area contributed by atoms with E-state index < -0.39 is 0 Å². The van der Waals surface area contributed by atoms with Crippen molar-refractivity contribution in [3.63, 3.8) is 0 Å². The first-order valence-electron chi connectivity index (χ1n) is 2.99. The molecule has 2 aromatic rings. The predicted octanol–water partition coefficient (Wildman–Crippen LogP) is 1.98. The number of anilines is 1. The Labute approximate surface area is 76.5 Å². The summed E-state index contributed by atoms with van der Waals surface area (Å²) in [5.41, 5.74) is 1.47. The van der Waals surface area contributed by atoms with Crippen LogP contribution in [0.15, 0.2) is 22.9 Å². The fourth-order valence-electron chi connectivity index (χ4n) is 0.842. The molecule has 0 spiro atoms. The van der Waals surface area contributed by atoms with Crippen LogP contribution in [-0.2, 0) is 0 Å². The second-order valence-corrected chi connectivity index (χ2v) is 2.52. The zero-order valence-electron chi connectivity index (χ0n) is 5.41. The molecule has 4 nitrogen and oxygen atoms in total. The molecule has 0 aliphatic rings. The lowest BCUT2D eigenvalue weighted by molar-refractivity contribution is 0.460. The molecule has 0 atom stereocenters. The summed E-state index contributed by atoms with van der Waals surface area (Å²) in [5.74, 6) is 0.668. The van der Waals surface area contributed by atoms with Gasteiger partial charge in [-0.25, -0.2) is 4.98 Å². The molecule has 0 saturated heterocycles. The Hall–Kier alpha value is -0.850. The molecule has 0 amide bonds. The van der Waals surface area contributed by atoms with Gasteiger partial charge in [0.2, 0.25) is 5.82 Å². The molecule has 2 rings (SSSR count). The number of rotatable bonds is 1. The van der Waals surface area contributed by atoms with Crippen LogP contribution < -0.4 is 3.53 Å². The summed E-state index contributed by atoms with van der Waals surface area (Å²) in [4.78, 5) is 4.09. The van der Waals surface area contributed by atoms with Crippen LogP contribution >= 0.6 is 22.9 Å². The standard InChI is InChI=1S/C6H4IN3O/c7-9-6-5-4(11-10-6)2-1-3-8-5/h1-3H,(H,9,10). The first-order valence-corrected chi connectivity index (χ1v) is 4.07. The van der Waals surface area contributed by atoms with Gasteiger partial charge in [-0.15, -0.1) is 0 Å². The molecule has 56 valence electrons. The van der Waals surface area contributed by atoms with Crippen LogP contribution in [0, 0.1) is 0 Å². The number of pyridine rings is 1. The molecule has 1 N–H and O–H groups in total. The molecule has 2 heterocycles. The van der Waals surface area contributed by atoms with Crippen LogP contribution in [0.4, 0.5) is 5.82 Å². The lowest BCUT2D eigenvalue weighted by Crippen LogP contribution is -1.79. The topological polar surface area (TPSA) is 51.0 Å². The number of hydrogen-bond acceptors (Lipinski definition) is 4. The average Bonchev–Trinajstić information content (AvgIpc) is 2.47. The van der Waals surface area contributed by atoms with Crippen molar-refractivity contribution in [3.05, 3.63) is 18.3 Å². The Balaban J connectivity index is 2.76. The number of nitrogens with one attached hydrogen (secondary N) is 1. The van der Waals surface area contributed by atoms with E-state index in [1.54, 1.807) is 6.20 Å². The largest absolute Gasteiger partial charge is 0.352 e. The van der Waals surface area contributed by atoms with E-state index >= 15 is 0 Å². The van der Waals surface area contributed by atoms with Crippen molar-refractivity contribution in [1.82, 2.24) is 10.1 Å². The Kier molecular flexibility index (Phi) is 1.65. The molecule has 2 aromatic heterocycles. The van der Waals surface area contributed by atoms with Gasteiger partial charge >= 0.3 is 0 Å². The maximum atomic E-state index is 4.96. The van der Waals surface area contributed by atoms with Crippen LogP contribution in [0.3, 0.4) is 0 Å². The summed E-state index contributed by atoms with van der Waals surface area (Å²) >= 11 is 1.99. The number of aromatic nitrogens is 2.